The zero-order valence-corrected chi connectivity index (χ0v) is 11.6. The zero-order valence-electron chi connectivity index (χ0n) is 6.85. The number of hydrogen-bond donors (Lipinski definition) is 2. The number of rotatable bonds is 2. The Morgan fingerprint density at radius 2 is 2.07 bits per heavy atom. The Morgan fingerprint density at radius 3 is 2.50 bits per heavy atom. The summed E-state index contributed by atoms with van der Waals surface area (Å²) in [5, 5.41) is 9.44. The third-order valence-corrected chi connectivity index (χ3v) is 3.89. The van der Waals surface area contributed by atoms with Gasteiger partial charge in [0.25, 0.3) is 0 Å². The number of nitrogens with two attached hydrogens (primary N) is 1. The van der Waals surface area contributed by atoms with Gasteiger partial charge < -0.3 is 10.8 Å². The Hall–Kier alpha value is -0.0700. The van der Waals surface area contributed by atoms with Crippen LogP contribution in [-0.2, 0) is 5.33 Å². The van der Waals surface area contributed by atoms with Gasteiger partial charge in [0, 0.05) is 14.3 Å². The number of aromatic carboxylic acids is 1. The van der Waals surface area contributed by atoms with Gasteiger partial charge in [-0.1, -0.05) is 31.9 Å². The fourth-order valence-electron chi connectivity index (χ4n) is 0.977. The molecule has 0 radical (unpaired) electrons. The average Bonchev–Trinajstić information content (AvgIpc) is 2.12. The van der Waals surface area contributed by atoms with E-state index >= 15 is 0 Å². The number of nitrogen functional groups attached to an aromatic ring is 1. The van der Waals surface area contributed by atoms with Gasteiger partial charge in [0.05, 0.1) is 11.3 Å². The molecule has 1 rings (SSSR count). The predicted molar refractivity (Wildman–Crippen MR) is 65.8 cm³/mol. The summed E-state index contributed by atoms with van der Waals surface area (Å²) in [6.45, 7) is 0. The molecular formula is C8H6Br3NO2. The van der Waals surface area contributed by atoms with Crippen molar-refractivity contribution in [2.45, 2.75) is 5.33 Å². The Bertz CT molecular complexity index is 393. The first-order valence-corrected chi connectivity index (χ1v) is 6.25. The highest BCUT2D eigenvalue weighted by molar-refractivity contribution is 9.11. The van der Waals surface area contributed by atoms with Gasteiger partial charge in [0.1, 0.15) is 0 Å². The lowest BCUT2D eigenvalue weighted by Crippen LogP contribution is -2.05. The summed E-state index contributed by atoms with van der Waals surface area (Å²) < 4.78 is 1.33. The van der Waals surface area contributed by atoms with E-state index in [1.807, 2.05) is 0 Å². The number of carboxylic acid groups (broad SMARTS) is 1. The van der Waals surface area contributed by atoms with Gasteiger partial charge in [0.2, 0.25) is 0 Å². The van der Waals surface area contributed by atoms with Crippen LogP contribution in [0.3, 0.4) is 0 Å². The first kappa shape index (κ1) is 12.0. The monoisotopic (exact) mass is 385 g/mol. The van der Waals surface area contributed by atoms with Gasteiger partial charge in [-0.3, -0.25) is 0 Å². The standard InChI is InChI=1S/C8H6Br3NO2/c9-2-4-5(10)1-3(8(13)14)7(12)6(4)11/h1H,2,12H2,(H,13,14). The van der Waals surface area contributed by atoms with Gasteiger partial charge in [-0.05, 0) is 27.6 Å². The molecular weight excluding hydrogens is 382 g/mol. The molecule has 6 heteroatoms. The molecule has 0 unspecified atom stereocenters. The third kappa shape index (κ3) is 2.12. The number of benzene rings is 1. The summed E-state index contributed by atoms with van der Waals surface area (Å²) in [5.41, 5.74) is 6.89. The summed E-state index contributed by atoms with van der Waals surface area (Å²) in [6, 6.07) is 1.50. The topological polar surface area (TPSA) is 63.3 Å². The molecule has 1 aromatic carbocycles. The normalized spacial score (nSPS) is 10.2. The number of anilines is 1. The van der Waals surface area contributed by atoms with Crippen molar-refractivity contribution in [3.8, 4) is 0 Å². The van der Waals surface area contributed by atoms with Crippen LogP contribution in [0, 0.1) is 0 Å². The summed E-state index contributed by atoms with van der Waals surface area (Å²) in [5.74, 6) is -1.04. The Labute approximate surface area is 106 Å². The lowest BCUT2D eigenvalue weighted by atomic mass is 10.1. The molecule has 0 amide bonds. The van der Waals surface area contributed by atoms with Crippen molar-refractivity contribution in [2.75, 3.05) is 5.73 Å². The zero-order chi connectivity index (χ0) is 10.9. The van der Waals surface area contributed by atoms with E-state index in [1.165, 1.54) is 6.07 Å². The van der Waals surface area contributed by atoms with Crippen LogP contribution in [0.25, 0.3) is 0 Å². The number of carbonyl (C=O) groups is 1. The number of carboxylic acids is 1. The van der Waals surface area contributed by atoms with E-state index in [0.717, 1.165) is 5.56 Å². The molecule has 14 heavy (non-hydrogen) atoms. The SMILES string of the molecule is Nc1c(C(=O)O)cc(Br)c(CBr)c1Br. The molecule has 0 aliphatic rings. The van der Waals surface area contributed by atoms with E-state index in [9.17, 15) is 4.79 Å². The van der Waals surface area contributed by atoms with Gasteiger partial charge in [-0.25, -0.2) is 4.79 Å². The smallest absolute Gasteiger partial charge is 0.337 e. The van der Waals surface area contributed by atoms with Crippen molar-refractivity contribution in [1.29, 1.82) is 0 Å². The quantitative estimate of drug-likeness (QED) is 0.604. The highest BCUT2D eigenvalue weighted by atomic mass is 79.9. The predicted octanol–water partition coefficient (Wildman–Crippen LogP) is 3.39. The van der Waals surface area contributed by atoms with Crippen LogP contribution < -0.4 is 5.73 Å². The number of halogens is 3. The van der Waals surface area contributed by atoms with Crippen LogP contribution in [-0.4, -0.2) is 11.1 Å². The fourth-order valence-corrected chi connectivity index (χ4v) is 3.71. The van der Waals surface area contributed by atoms with E-state index in [2.05, 4.69) is 47.8 Å². The molecule has 0 saturated carbocycles. The second-order valence-electron chi connectivity index (χ2n) is 2.55. The Balaban J connectivity index is 3.47. The minimum atomic E-state index is -1.04. The molecule has 0 heterocycles. The first-order chi connectivity index (χ1) is 6.49. The molecule has 76 valence electrons. The summed E-state index contributed by atoms with van der Waals surface area (Å²) >= 11 is 9.84. The highest BCUT2D eigenvalue weighted by Crippen LogP contribution is 2.35. The van der Waals surface area contributed by atoms with E-state index in [-0.39, 0.29) is 11.3 Å². The maximum Gasteiger partial charge on any atom is 0.337 e. The van der Waals surface area contributed by atoms with Gasteiger partial charge in [0.15, 0.2) is 0 Å². The van der Waals surface area contributed by atoms with E-state index in [4.69, 9.17) is 10.8 Å². The van der Waals surface area contributed by atoms with Crippen molar-refractivity contribution in [3.63, 3.8) is 0 Å². The average molecular weight is 388 g/mol. The maximum atomic E-state index is 10.8. The van der Waals surface area contributed by atoms with Crippen LogP contribution in [0.15, 0.2) is 15.0 Å². The lowest BCUT2D eigenvalue weighted by Gasteiger charge is -2.09. The van der Waals surface area contributed by atoms with Crippen molar-refractivity contribution in [3.05, 3.63) is 26.1 Å². The minimum Gasteiger partial charge on any atom is -0.478 e. The number of hydrogen-bond acceptors (Lipinski definition) is 2. The van der Waals surface area contributed by atoms with Crippen LogP contribution >= 0.6 is 47.8 Å². The van der Waals surface area contributed by atoms with Crippen molar-refractivity contribution < 1.29 is 9.90 Å². The van der Waals surface area contributed by atoms with Crippen LogP contribution in [0.5, 0.6) is 0 Å². The molecule has 0 saturated heterocycles. The molecule has 0 aliphatic heterocycles. The number of alkyl halides is 1. The highest BCUT2D eigenvalue weighted by Gasteiger charge is 2.16. The molecule has 0 atom stereocenters. The second kappa shape index (κ2) is 4.63. The minimum absolute atomic E-state index is 0.0912. The molecule has 0 spiro atoms. The summed E-state index contributed by atoms with van der Waals surface area (Å²) in [6.07, 6.45) is 0. The van der Waals surface area contributed by atoms with Crippen molar-refractivity contribution in [2.24, 2.45) is 0 Å². The lowest BCUT2D eigenvalue weighted by molar-refractivity contribution is 0.0698. The summed E-state index contributed by atoms with van der Waals surface area (Å²) in [4.78, 5) is 10.8. The molecule has 0 fully saturated rings. The molecule has 1 aromatic rings. The van der Waals surface area contributed by atoms with Crippen molar-refractivity contribution in [1.82, 2.24) is 0 Å². The van der Waals surface area contributed by atoms with Crippen LogP contribution in [0.1, 0.15) is 15.9 Å². The fraction of sp³-hybridized carbons (Fsp3) is 0.125. The van der Waals surface area contributed by atoms with E-state index < -0.39 is 5.97 Å². The molecule has 0 aromatic heterocycles. The maximum absolute atomic E-state index is 10.8. The molecule has 3 N–H and O–H groups in total. The second-order valence-corrected chi connectivity index (χ2v) is 4.76. The van der Waals surface area contributed by atoms with Crippen LogP contribution in [0.4, 0.5) is 5.69 Å². The van der Waals surface area contributed by atoms with Gasteiger partial charge >= 0.3 is 5.97 Å². The van der Waals surface area contributed by atoms with Gasteiger partial charge in [-0.2, -0.15) is 0 Å². The Morgan fingerprint density at radius 1 is 1.50 bits per heavy atom. The first-order valence-electron chi connectivity index (χ1n) is 3.54. The largest absolute Gasteiger partial charge is 0.478 e. The third-order valence-electron chi connectivity index (χ3n) is 1.71. The van der Waals surface area contributed by atoms with E-state index in [1.54, 1.807) is 0 Å². The Kier molecular flexibility index (Phi) is 3.97. The van der Waals surface area contributed by atoms with Gasteiger partial charge in [-0.15, -0.1) is 0 Å². The van der Waals surface area contributed by atoms with Crippen LogP contribution in [0.2, 0.25) is 0 Å². The molecule has 0 aliphatic carbocycles. The molecule has 0 bridgehead atoms. The molecule has 3 nitrogen and oxygen atoms in total. The van der Waals surface area contributed by atoms with Crippen molar-refractivity contribution >= 4 is 59.4 Å². The van der Waals surface area contributed by atoms with E-state index in [0.29, 0.717) is 14.3 Å². The summed E-state index contributed by atoms with van der Waals surface area (Å²) in [7, 11) is 0.